The van der Waals surface area contributed by atoms with Crippen molar-refractivity contribution in [3.8, 4) is 0 Å². The van der Waals surface area contributed by atoms with Crippen LogP contribution in [0.15, 0.2) is 18.2 Å². The monoisotopic (exact) mass is 226 g/mol. The number of hydrogen-bond donors (Lipinski definition) is 0. The highest BCUT2D eigenvalue weighted by molar-refractivity contribution is 9.09. The van der Waals surface area contributed by atoms with Gasteiger partial charge in [0.25, 0.3) is 0 Å². The van der Waals surface area contributed by atoms with E-state index in [9.17, 15) is 0 Å². The van der Waals surface area contributed by atoms with E-state index in [1.165, 1.54) is 16.7 Å². The first-order valence-electron chi connectivity index (χ1n) is 4.28. The highest BCUT2D eigenvalue weighted by Gasteiger charge is 2.05. The summed E-state index contributed by atoms with van der Waals surface area (Å²) >= 11 is 3.50. The molecule has 1 heteroatoms. The van der Waals surface area contributed by atoms with Gasteiger partial charge in [0.05, 0.1) is 0 Å². The van der Waals surface area contributed by atoms with Gasteiger partial charge in [0.2, 0.25) is 0 Å². The molecule has 1 rings (SSSR count). The van der Waals surface area contributed by atoms with Crippen molar-refractivity contribution in [2.24, 2.45) is 0 Å². The lowest BCUT2D eigenvalue weighted by Crippen LogP contribution is -1.97. The lowest BCUT2D eigenvalue weighted by Gasteiger charge is -2.11. The van der Waals surface area contributed by atoms with E-state index in [1.54, 1.807) is 0 Å². The summed E-state index contributed by atoms with van der Waals surface area (Å²) in [6.07, 6.45) is 0. The fourth-order valence-corrected chi connectivity index (χ4v) is 1.81. The molecule has 0 aliphatic heterocycles. The Morgan fingerprint density at radius 3 is 2.50 bits per heavy atom. The van der Waals surface area contributed by atoms with Crippen LogP contribution in [0.1, 0.15) is 29.5 Å². The molecule has 0 spiro atoms. The molecule has 0 heterocycles. The minimum Gasteiger partial charge on any atom is -0.0922 e. The summed E-state index contributed by atoms with van der Waals surface area (Å²) < 4.78 is 0. The largest absolute Gasteiger partial charge is 0.0922 e. The van der Waals surface area contributed by atoms with Gasteiger partial charge < -0.3 is 0 Å². The van der Waals surface area contributed by atoms with Crippen LogP contribution in [0.4, 0.5) is 0 Å². The number of halogens is 1. The first-order valence-corrected chi connectivity index (χ1v) is 5.40. The molecule has 0 saturated heterocycles. The zero-order valence-electron chi connectivity index (χ0n) is 7.89. The number of alkyl halides is 1. The zero-order chi connectivity index (χ0) is 9.14. The highest BCUT2D eigenvalue weighted by atomic mass is 79.9. The minimum absolute atomic E-state index is 0.616. The summed E-state index contributed by atoms with van der Waals surface area (Å²) in [5, 5.41) is 1.04. The Balaban J connectivity index is 3.01. The average molecular weight is 227 g/mol. The van der Waals surface area contributed by atoms with Gasteiger partial charge in [-0.1, -0.05) is 46.6 Å². The SMILES string of the molecule is Cc1ccc(C(C)CBr)c(C)c1. The maximum Gasteiger partial charge on any atom is 0.00976 e. The number of hydrogen-bond acceptors (Lipinski definition) is 0. The molecule has 0 bridgehead atoms. The fraction of sp³-hybridized carbons (Fsp3) is 0.455. The molecular weight excluding hydrogens is 212 g/mol. The molecule has 0 radical (unpaired) electrons. The second-order valence-electron chi connectivity index (χ2n) is 3.42. The minimum atomic E-state index is 0.616. The predicted octanol–water partition coefficient (Wildman–Crippen LogP) is 3.80. The van der Waals surface area contributed by atoms with E-state index in [0.29, 0.717) is 5.92 Å². The van der Waals surface area contributed by atoms with Crippen LogP contribution in [0.5, 0.6) is 0 Å². The molecule has 0 N–H and O–H groups in total. The Morgan fingerprint density at radius 2 is 2.00 bits per heavy atom. The summed E-state index contributed by atoms with van der Waals surface area (Å²) in [6, 6.07) is 6.66. The van der Waals surface area contributed by atoms with E-state index in [4.69, 9.17) is 0 Å². The molecule has 0 nitrogen and oxygen atoms in total. The molecule has 0 amide bonds. The normalized spacial score (nSPS) is 13.0. The molecule has 1 aromatic carbocycles. The van der Waals surface area contributed by atoms with Crippen molar-refractivity contribution >= 4 is 15.9 Å². The van der Waals surface area contributed by atoms with Gasteiger partial charge in [-0.2, -0.15) is 0 Å². The lowest BCUT2D eigenvalue weighted by molar-refractivity contribution is 0.876. The van der Waals surface area contributed by atoms with Gasteiger partial charge in [0.1, 0.15) is 0 Å². The maximum absolute atomic E-state index is 3.50. The molecule has 0 aromatic heterocycles. The topological polar surface area (TPSA) is 0 Å². The van der Waals surface area contributed by atoms with Crippen LogP contribution >= 0.6 is 15.9 Å². The third kappa shape index (κ3) is 2.10. The van der Waals surface area contributed by atoms with Crippen LogP contribution in [0.3, 0.4) is 0 Å². The second-order valence-corrected chi connectivity index (χ2v) is 4.06. The molecule has 1 unspecified atom stereocenters. The van der Waals surface area contributed by atoms with Gasteiger partial charge >= 0.3 is 0 Å². The summed E-state index contributed by atoms with van der Waals surface area (Å²) in [7, 11) is 0. The standard InChI is InChI=1S/C11H15Br/c1-8-4-5-11(9(2)6-8)10(3)7-12/h4-6,10H,7H2,1-3H3. The zero-order valence-corrected chi connectivity index (χ0v) is 9.48. The third-order valence-electron chi connectivity index (χ3n) is 2.19. The Kier molecular flexibility index (Phi) is 3.33. The van der Waals surface area contributed by atoms with Crippen molar-refractivity contribution in [1.82, 2.24) is 0 Å². The van der Waals surface area contributed by atoms with E-state index < -0.39 is 0 Å². The Labute approximate surface area is 83.1 Å². The molecule has 0 aliphatic rings. The van der Waals surface area contributed by atoms with Crippen molar-refractivity contribution < 1.29 is 0 Å². The number of rotatable bonds is 2. The van der Waals surface area contributed by atoms with Gasteiger partial charge in [0, 0.05) is 5.33 Å². The second kappa shape index (κ2) is 4.08. The Morgan fingerprint density at radius 1 is 1.33 bits per heavy atom. The molecule has 1 aromatic rings. The maximum atomic E-state index is 3.50. The van der Waals surface area contributed by atoms with Gasteiger partial charge in [0.15, 0.2) is 0 Å². The molecule has 66 valence electrons. The van der Waals surface area contributed by atoms with E-state index in [-0.39, 0.29) is 0 Å². The van der Waals surface area contributed by atoms with Gasteiger partial charge in [-0.05, 0) is 30.9 Å². The van der Waals surface area contributed by atoms with E-state index >= 15 is 0 Å². The van der Waals surface area contributed by atoms with Gasteiger partial charge in [-0.3, -0.25) is 0 Å². The van der Waals surface area contributed by atoms with Gasteiger partial charge in [-0.25, -0.2) is 0 Å². The van der Waals surface area contributed by atoms with Crippen molar-refractivity contribution in [2.75, 3.05) is 5.33 Å². The first-order chi connectivity index (χ1) is 5.65. The van der Waals surface area contributed by atoms with Crippen molar-refractivity contribution in [3.63, 3.8) is 0 Å². The van der Waals surface area contributed by atoms with E-state index in [1.807, 2.05) is 0 Å². The highest BCUT2D eigenvalue weighted by Crippen LogP contribution is 2.21. The Hall–Kier alpha value is -0.300. The molecular formula is C11H15Br. The first kappa shape index (κ1) is 9.79. The summed E-state index contributed by atoms with van der Waals surface area (Å²) in [6.45, 7) is 6.56. The average Bonchev–Trinajstić information content (AvgIpc) is 2.03. The van der Waals surface area contributed by atoms with E-state index in [0.717, 1.165) is 5.33 Å². The summed E-state index contributed by atoms with van der Waals surface area (Å²) in [5.74, 6) is 0.616. The lowest BCUT2D eigenvalue weighted by atomic mass is 9.97. The molecule has 0 fully saturated rings. The molecule has 1 atom stereocenters. The van der Waals surface area contributed by atoms with Crippen LogP contribution in [0.2, 0.25) is 0 Å². The van der Waals surface area contributed by atoms with Crippen LogP contribution < -0.4 is 0 Å². The van der Waals surface area contributed by atoms with Crippen LogP contribution in [0, 0.1) is 13.8 Å². The summed E-state index contributed by atoms with van der Waals surface area (Å²) in [5.41, 5.74) is 4.21. The molecule has 0 aliphatic carbocycles. The van der Waals surface area contributed by atoms with Crippen LogP contribution in [-0.4, -0.2) is 5.33 Å². The van der Waals surface area contributed by atoms with Crippen LogP contribution in [-0.2, 0) is 0 Å². The number of benzene rings is 1. The fourth-order valence-electron chi connectivity index (χ4n) is 1.46. The Bertz CT molecular complexity index is 266. The van der Waals surface area contributed by atoms with Gasteiger partial charge in [-0.15, -0.1) is 0 Å². The van der Waals surface area contributed by atoms with Crippen molar-refractivity contribution in [2.45, 2.75) is 26.7 Å². The number of aryl methyl sites for hydroxylation is 2. The van der Waals surface area contributed by atoms with Crippen LogP contribution in [0.25, 0.3) is 0 Å². The summed E-state index contributed by atoms with van der Waals surface area (Å²) in [4.78, 5) is 0. The van der Waals surface area contributed by atoms with Crippen molar-refractivity contribution in [3.05, 3.63) is 34.9 Å². The molecule has 12 heavy (non-hydrogen) atoms. The van der Waals surface area contributed by atoms with Crippen molar-refractivity contribution in [1.29, 1.82) is 0 Å². The van der Waals surface area contributed by atoms with E-state index in [2.05, 4.69) is 54.9 Å². The quantitative estimate of drug-likeness (QED) is 0.674. The molecule has 0 saturated carbocycles. The third-order valence-corrected chi connectivity index (χ3v) is 3.16. The smallest absolute Gasteiger partial charge is 0.00976 e. The predicted molar refractivity (Wildman–Crippen MR) is 58.1 cm³/mol.